The van der Waals surface area contributed by atoms with Crippen molar-refractivity contribution >= 4 is 29.0 Å². The monoisotopic (exact) mass is 359 g/mol. The summed E-state index contributed by atoms with van der Waals surface area (Å²) in [7, 11) is 1.60. The summed E-state index contributed by atoms with van der Waals surface area (Å²) < 4.78 is 5.19. The van der Waals surface area contributed by atoms with E-state index in [-0.39, 0.29) is 6.03 Å². The maximum absolute atomic E-state index is 12.5. The minimum Gasteiger partial charge on any atom is -0.495 e. The summed E-state index contributed by atoms with van der Waals surface area (Å²) >= 11 is 6.21. The van der Waals surface area contributed by atoms with Crippen molar-refractivity contribution in [1.82, 2.24) is 4.90 Å². The number of ether oxygens (including phenoxy) is 1. The van der Waals surface area contributed by atoms with E-state index in [1.165, 1.54) is 0 Å². The fourth-order valence-corrected chi connectivity index (χ4v) is 3.18. The molecule has 0 aliphatic carbocycles. The number of amides is 2. The van der Waals surface area contributed by atoms with Gasteiger partial charge in [-0.1, -0.05) is 29.8 Å². The van der Waals surface area contributed by atoms with Gasteiger partial charge in [0.05, 0.1) is 12.1 Å². The Kier molecular flexibility index (Phi) is 5.34. The van der Waals surface area contributed by atoms with Crippen LogP contribution in [0.4, 0.5) is 16.2 Å². The summed E-state index contributed by atoms with van der Waals surface area (Å²) in [5, 5.41) is 3.59. The van der Waals surface area contributed by atoms with Crippen molar-refractivity contribution in [2.45, 2.75) is 6.92 Å². The molecule has 0 aromatic heterocycles. The number of piperazine rings is 1. The fourth-order valence-electron chi connectivity index (χ4n) is 2.93. The highest BCUT2D eigenvalue weighted by atomic mass is 35.5. The van der Waals surface area contributed by atoms with Crippen LogP contribution in [0.15, 0.2) is 42.5 Å². The highest BCUT2D eigenvalue weighted by Crippen LogP contribution is 2.29. The molecular formula is C19H22ClN3O2. The SMILES string of the molecule is COc1ccc(N2CCN(C(=O)Nc3ccccc3C)CC2)cc1Cl. The van der Waals surface area contributed by atoms with Crippen molar-refractivity contribution in [1.29, 1.82) is 0 Å². The number of rotatable bonds is 3. The van der Waals surface area contributed by atoms with Gasteiger partial charge in [-0.15, -0.1) is 0 Å². The molecule has 3 rings (SSSR count). The first kappa shape index (κ1) is 17.4. The molecule has 0 spiro atoms. The molecule has 2 aromatic carbocycles. The van der Waals surface area contributed by atoms with Gasteiger partial charge in [0.25, 0.3) is 0 Å². The molecule has 0 unspecified atom stereocenters. The number of para-hydroxylation sites is 1. The predicted octanol–water partition coefficient (Wildman–Crippen LogP) is 4.01. The van der Waals surface area contributed by atoms with Gasteiger partial charge >= 0.3 is 6.03 Å². The third kappa shape index (κ3) is 3.99. The van der Waals surface area contributed by atoms with Crippen LogP contribution in [0.1, 0.15) is 5.56 Å². The molecule has 2 amide bonds. The fraction of sp³-hybridized carbons (Fsp3) is 0.316. The van der Waals surface area contributed by atoms with Crippen LogP contribution in [0, 0.1) is 6.92 Å². The summed E-state index contributed by atoms with van der Waals surface area (Å²) in [5.74, 6) is 0.668. The van der Waals surface area contributed by atoms with Crippen molar-refractivity contribution in [2.75, 3.05) is 43.5 Å². The number of carbonyl (C=O) groups excluding carboxylic acids is 1. The number of aryl methyl sites for hydroxylation is 1. The topological polar surface area (TPSA) is 44.8 Å². The Bertz CT molecular complexity index is 758. The summed E-state index contributed by atoms with van der Waals surface area (Å²) in [6, 6.07) is 13.5. The van der Waals surface area contributed by atoms with Gasteiger partial charge in [0, 0.05) is 37.6 Å². The lowest BCUT2D eigenvalue weighted by atomic mass is 10.2. The van der Waals surface area contributed by atoms with E-state index >= 15 is 0 Å². The molecule has 1 fully saturated rings. The Hall–Kier alpha value is -2.40. The van der Waals surface area contributed by atoms with Crippen LogP contribution in [0.5, 0.6) is 5.75 Å². The van der Waals surface area contributed by atoms with E-state index in [0.29, 0.717) is 23.9 Å². The van der Waals surface area contributed by atoms with Gasteiger partial charge in [-0.25, -0.2) is 4.79 Å². The molecule has 1 N–H and O–H groups in total. The quantitative estimate of drug-likeness (QED) is 0.900. The molecule has 1 aliphatic heterocycles. The number of anilines is 2. The lowest BCUT2D eigenvalue weighted by Gasteiger charge is -2.36. The predicted molar refractivity (Wildman–Crippen MR) is 102 cm³/mol. The van der Waals surface area contributed by atoms with Gasteiger partial charge < -0.3 is 19.9 Å². The van der Waals surface area contributed by atoms with Crippen molar-refractivity contribution in [3.8, 4) is 5.75 Å². The highest BCUT2D eigenvalue weighted by molar-refractivity contribution is 6.32. The molecule has 0 radical (unpaired) electrons. The first-order valence-electron chi connectivity index (χ1n) is 8.28. The number of nitrogens with one attached hydrogen (secondary N) is 1. The smallest absolute Gasteiger partial charge is 0.321 e. The molecule has 1 heterocycles. The van der Waals surface area contributed by atoms with E-state index < -0.39 is 0 Å². The van der Waals surface area contributed by atoms with Crippen LogP contribution in [0.25, 0.3) is 0 Å². The average molecular weight is 360 g/mol. The zero-order valence-electron chi connectivity index (χ0n) is 14.5. The summed E-state index contributed by atoms with van der Waals surface area (Å²) in [5.41, 5.74) is 2.96. The summed E-state index contributed by atoms with van der Waals surface area (Å²) in [6.07, 6.45) is 0. The zero-order chi connectivity index (χ0) is 17.8. The third-order valence-electron chi connectivity index (χ3n) is 4.45. The van der Waals surface area contributed by atoms with E-state index in [0.717, 1.165) is 30.0 Å². The Morgan fingerprint density at radius 3 is 2.48 bits per heavy atom. The second-order valence-electron chi connectivity index (χ2n) is 6.04. The van der Waals surface area contributed by atoms with Crippen molar-refractivity contribution in [3.63, 3.8) is 0 Å². The van der Waals surface area contributed by atoms with Crippen LogP contribution in [0.2, 0.25) is 5.02 Å². The normalized spacial score (nSPS) is 14.4. The van der Waals surface area contributed by atoms with Gasteiger partial charge in [-0.05, 0) is 36.8 Å². The van der Waals surface area contributed by atoms with Gasteiger partial charge in [0.15, 0.2) is 0 Å². The molecular weight excluding hydrogens is 338 g/mol. The molecule has 2 aromatic rings. The van der Waals surface area contributed by atoms with Crippen LogP contribution in [0.3, 0.4) is 0 Å². The molecule has 1 aliphatic rings. The molecule has 25 heavy (non-hydrogen) atoms. The Morgan fingerprint density at radius 2 is 1.84 bits per heavy atom. The number of carbonyl (C=O) groups is 1. The Labute approximate surface area is 153 Å². The minimum atomic E-state index is -0.0540. The van der Waals surface area contributed by atoms with E-state index in [9.17, 15) is 4.79 Å². The first-order chi connectivity index (χ1) is 12.1. The maximum Gasteiger partial charge on any atom is 0.321 e. The standard InChI is InChI=1S/C19H22ClN3O2/c1-14-5-3-4-6-17(14)21-19(24)23-11-9-22(10-12-23)15-7-8-18(25-2)16(20)13-15/h3-8,13H,9-12H2,1-2H3,(H,21,24). The molecule has 1 saturated heterocycles. The number of hydrogen-bond acceptors (Lipinski definition) is 3. The molecule has 0 saturated carbocycles. The maximum atomic E-state index is 12.5. The van der Waals surface area contributed by atoms with E-state index in [2.05, 4.69) is 10.2 Å². The Morgan fingerprint density at radius 1 is 1.12 bits per heavy atom. The third-order valence-corrected chi connectivity index (χ3v) is 4.75. The van der Waals surface area contributed by atoms with E-state index in [4.69, 9.17) is 16.3 Å². The van der Waals surface area contributed by atoms with Crippen LogP contribution in [-0.2, 0) is 0 Å². The van der Waals surface area contributed by atoms with Crippen molar-refractivity contribution < 1.29 is 9.53 Å². The number of urea groups is 1. The molecule has 0 atom stereocenters. The van der Waals surface area contributed by atoms with Crippen LogP contribution >= 0.6 is 11.6 Å². The summed E-state index contributed by atoms with van der Waals surface area (Å²) in [4.78, 5) is 16.5. The molecule has 132 valence electrons. The van der Waals surface area contributed by atoms with Gasteiger partial charge in [0.1, 0.15) is 5.75 Å². The zero-order valence-corrected chi connectivity index (χ0v) is 15.2. The first-order valence-corrected chi connectivity index (χ1v) is 8.66. The van der Waals surface area contributed by atoms with Crippen molar-refractivity contribution in [3.05, 3.63) is 53.1 Å². The number of halogens is 1. The van der Waals surface area contributed by atoms with E-state index in [1.54, 1.807) is 7.11 Å². The largest absolute Gasteiger partial charge is 0.495 e. The van der Waals surface area contributed by atoms with Crippen molar-refractivity contribution in [2.24, 2.45) is 0 Å². The summed E-state index contributed by atoms with van der Waals surface area (Å²) in [6.45, 7) is 4.86. The second kappa shape index (κ2) is 7.66. The lowest BCUT2D eigenvalue weighted by molar-refractivity contribution is 0.208. The average Bonchev–Trinajstić information content (AvgIpc) is 2.63. The van der Waals surface area contributed by atoms with Gasteiger partial charge in [0.2, 0.25) is 0 Å². The Balaban J connectivity index is 1.59. The number of hydrogen-bond donors (Lipinski definition) is 1. The highest BCUT2D eigenvalue weighted by Gasteiger charge is 2.22. The van der Waals surface area contributed by atoms with Gasteiger partial charge in [-0.3, -0.25) is 0 Å². The van der Waals surface area contributed by atoms with E-state index in [1.807, 2.05) is 54.3 Å². The van der Waals surface area contributed by atoms with Crippen LogP contribution < -0.4 is 15.0 Å². The lowest BCUT2D eigenvalue weighted by Crippen LogP contribution is -2.50. The van der Waals surface area contributed by atoms with Gasteiger partial charge in [-0.2, -0.15) is 0 Å². The molecule has 0 bridgehead atoms. The van der Waals surface area contributed by atoms with Crippen LogP contribution in [-0.4, -0.2) is 44.2 Å². The molecule has 5 nitrogen and oxygen atoms in total. The second-order valence-corrected chi connectivity index (χ2v) is 6.45. The number of methoxy groups -OCH3 is 1. The number of benzene rings is 2. The molecule has 6 heteroatoms. The number of nitrogens with zero attached hydrogens (tertiary/aromatic N) is 2. The minimum absolute atomic E-state index is 0.0540.